The Labute approximate surface area is 114 Å². The second-order valence-electron chi connectivity index (χ2n) is 3.36. The second kappa shape index (κ2) is 5.91. The second-order valence-corrected chi connectivity index (χ2v) is 6.19. The van der Waals surface area contributed by atoms with Crippen LogP contribution in [0.4, 0.5) is 0 Å². The van der Waals surface area contributed by atoms with E-state index in [9.17, 15) is 9.13 Å². The predicted molar refractivity (Wildman–Crippen MR) is 47.9 cm³/mol. The molecule has 1 aliphatic rings. The van der Waals surface area contributed by atoms with Crippen LogP contribution in [-0.2, 0) is 22.7 Å². The summed E-state index contributed by atoms with van der Waals surface area (Å²) in [6, 6.07) is 0. The minimum Gasteiger partial charge on any atom is -0.370 e. The van der Waals surface area contributed by atoms with Gasteiger partial charge in [-0.05, 0) is 6.92 Å². The first-order chi connectivity index (χ1) is 6.62. The Morgan fingerprint density at radius 1 is 1.38 bits per heavy atom. The normalized spacial score (nSPS) is 28.0. The largest absolute Gasteiger partial charge is 1.00 e. The zero-order valence-electron chi connectivity index (χ0n) is 8.90. The van der Waals surface area contributed by atoms with E-state index in [1.54, 1.807) is 6.92 Å². The van der Waals surface area contributed by atoms with Gasteiger partial charge in [-0.2, -0.15) is 4.31 Å². The van der Waals surface area contributed by atoms with Gasteiger partial charge < -0.3 is 19.4 Å². The van der Waals surface area contributed by atoms with Crippen molar-refractivity contribution in [3.05, 3.63) is 0 Å². The molecule has 0 aromatic carbocycles. The molecule has 0 amide bonds. The Bertz CT molecular complexity index is 322. The third-order valence-corrected chi connectivity index (χ3v) is 3.92. The predicted octanol–water partition coefficient (Wildman–Crippen LogP) is -2.60. The fourth-order valence-corrected chi connectivity index (χ4v) is 2.39. The summed E-state index contributed by atoms with van der Waals surface area (Å²) in [5.41, 5.74) is -0.359. The first-order valence-electron chi connectivity index (χ1n) is 4.00. The standard InChI is InChI=1S/C5H12O8P2.Na/c1-5(4-11-5)2-3-12-15(9,10)13-14(6,7)8;/h2-4H2,1H3,(H,9,10)(H2,6,7,8);/q;+1. The van der Waals surface area contributed by atoms with E-state index in [0.717, 1.165) is 0 Å². The van der Waals surface area contributed by atoms with Crippen LogP contribution in [0.1, 0.15) is 13.3 Å². The van der Waals surface area contributed by atoms with Gasteiger partial charge in [-0.25, -0.2) is 9.13 Å². The van der Waals surface area contributed by atoms with Gasteiger partial charge in [-0.3, -0.25) is 4.52 Å². The Balaban J connectivity index is 0.00000225. The van der Waals surface area contributed by atoms with E-state index in [4.69, 9.17) is 19.4 Å². The number of hydrogen-bond donors (Lipinski definition) is 3. The van der Waals surface area contributed by atoms with Crippen LogP contribution in [0.15, 0.2) is 0 Å². The Hall–Kier alpha value is 1.22. The summed E-state index contributed by atoms with van der Waals surface area (Å²) in [7, 11) is -9.71. The van der Waals surface area contributed by atoms with Crippen LogP contribution in [-0.4, -0.2) is 33.5 Å². The van der Waals surface area contributed by atoms with Gasteiger partial charge in [0.1, 0.15) is 0 Å². The number of rotatable bonds is 6. The maximum absolute atomic E-state index is 10.9. The monoisotopic (exact) mass is 285 g/mol. The van der Waals surface area contributed by atoms with E-state index in [1.165, 1.54) is 0 Å². The molecule has 1 heterocycles. The van der Waals surface area contributed by atoms with Crippen LogP contribution in [0.3, 0.4) is 0 Å². The van der Waals surface area contributed by atoms with Crippen LogP contribution in [0.2, 0.25) is 0 Å². The summed E-state index contributed by atoms with van der Waals surface area (Å²) < 4.78 is 34.0. The van der Waals surface area contributed by atoms with E-state index in [-0.39, 0.29) is 41.8 Å². The zero-order chi connectivity index (χ0) is 11.7. The summed E-state index contributed by atoms with van der Waals surface area (Å²) in [5.74, 6) is 0. The van der Waals surface area contributed by atoms with Gasteiger partial charge in [-0.1, -0.05) is 0 Å². The molecule has 90 valence electrons. The number of hydrogen-bond acceptors (Lipinski definition) is 5. The topological polar surface area (TPSA) is 126 Å². The molecule has 0 aromatic heterocycles. The summed E-state index contributed by atoms with van der Waals surface area (Å²) >= 11 is 0. The Morgan fingerprint density at radius 2 is 1.88 bits per heavy atom. The van der Waals surface area contributed by atoms with E-state index < -0.39 is 15.6 Å². The fourth-order valence-electron chi connectivity index (χ4n) is 0.802. The average molecular weight is 285 g/mol. The van der Waals surface area contributed by atoms with E-state index in [0.29, 0.717) is 13.0 Å². The van der Waals surface area contributed by atoms with E-state index >= 15 is 0 Å². The van der Waals surface area contributed by atoms with Gasteiger partial charge in [0.05, 0.1) is 18.8 Å². The van der Waals surface area contributed by atoms with Crippen molar-refractivity contribution in [2.45, 2.75) is 18.9 Å². The van der Waals surface area contributed by atoms with Crippen LogP contribution < -0.4 is 29.6 Å². The molecule has 1 aliphatic heterocycles. The maximum Gasteiger partial charge on any atom is 1.00 e. The molecule has 0 spiro atoms. The number of epoxide rings is 1. The molecule has 0 radical (unpaired) electrons. The quantitative estimate of drug-likeness (QED) is 0.275. The summed E-state index contributed by atoms with van der Waals surface area (Å²) in [6.07, 6.45) is 0.349. The van der Waals surface area contributed by atoms with Crippen LogP contribution in [0, 0.1) is 0 Å². The van der Waals surface area contributed by atoms with Gasteiger partial charge in [-0.15, -0.1) is 0 Å². The fraction of sp³-hybridized carbons (Fsp3) is 1.00. The first kappa shape index (κ1) is 17.2. The molecular formula is C5H12NaO8P2+. The first-order valence-corrected chi connectivity index (χ1v) is 7.03. The summed E-state index contributed by atoms with van der Waals surface area (Å²) in [4.78, 5) is 25.4. The molecule has 0 aromatic rings. The van der Waals surface area contributed by atoms with Crippen LogP contribution in [0.25, 0.3) is 0 Å². The molecule has 0 bridgehead atoms. The maximum atomic E-state index is 10.9. The Kier molecular flexibility index (Phi) is 6.36. The molecule has 2 unspecified atom stereocenters. The smallest absolute Gasteiger partial charge is 0.370 e. The molecule has 1 rings (SSSR count). The van der Waals surface area contributed by atoms with E-state index in [2.05, 4.69) is 8.83 Å². The molecule has 1 fully saturated rings. The Morgan fingerprint density at radius 3 is 2.25 bits per heavy atom. The number of ether oxygens (including phenoxy) is 1. The molecule has 1 saturated heterocycles. The zero-order valence-corrected chi connectivity index (χ0v) is 12.7. The van der Waals surface area contributed by atoms with Crippen LogP contribution >= 0.6 is 15.6 Å². The molecule has 3 N–H and O–H groups in total. The van der Waals surface area contributed by atoms with Gasteiger partial charge >= 0.3 is 45.2 Å². The third-order valence-electron chi connectivity index (χ3n) is 1.73. The molecule has 8 nitrogen and oxygen atoms in total. The van der Waals surface area contributed by atoms with Crippen molar-refractivity contribution in [3.8, 4) is 0 Å². The van der Waals surface area contributed by atoms with Crippen molar-refractivity contribution < 1.29 is 66.9 Å². The van der Waals surface area contributed by atoms with Crippen molar-refractivity contribution in [2.75, 3.05) is 13.2 Å². The van der Waals surface area contributed by atoms with Gasteiger partial charge in [0.15, 0.2) is 0 Å². The molecule has 16 heavy (non-hydrogen) atoms. The third kappa shape index (κ3) is 7.53. The van der Waals surface area contributed by atoms with Crippen molar-refractivity contribution in [1.29, 1.82) is 0 Å². The molecule has 0 aliphatic carbocycles. The average Bonchev–Trinajstić information content (AvgIpc) is 2.61. The van der Waals surface area contributed by atoms with Crippen molar-refractivity contribution >= 4 is 15.6 Å². The molecule has 2 atom stereocenters. The van der Waals surface area contributed by atoms with Gasteiger partial charge in [0.25, 0.3) is 0 Å². The summed E-state index contributed by atoms with van der Waals surface area (Å²) in [6.45, 7) is 2.14. The minimum absolute atomic E-state index is 0. The number of phosphoric acid groups is 2. The van der Waals surface area contributed by atoms with Crippen molar-refractivity contribution in [3.63, 3.8) is 0 Å². The summed E-state index contributed by atoms with van der Waals surface area (Å²) in [5, 5.41) is 0. The molecular weight excluding hydrogens is 273 g/mol. The van der Waals surface area contributed by atoms with Gasteiger partial charge in [0.2, 0.25) is 0 Å². The van der Waals surface area contributed by atoms with Gasteiger partial charge in [0, 0.05) is 6.42 Å². The van der Waals surface area contributed by atoms with E-state index in [1.807, 2.05) is 0 Å². The SMILES string of the molecule is CC1(CCOP(=O)(O)OP(=O)(O)O)CO1.[Na+]. The number of phosphoric ester groups is 1. The minimum atomic E-state index is -5.02. The van der Waals surface area contributed by atoms with Crippen molar-refractivity contribution in [1.82, 2.24) is 0 Å². The van der Waals surface area contributed by atoms with Crippen molar-refractivity contribution in [2.24, 2.45) is 0 Å². The van der Waals surface area contributed by atoms with Crippen LogP contribution in [0.5, 0.6) is 0 Å². The molecule has 0 saturated carbocycles. The molecule has 11 heteroatoms.